The molecule has 2 aliphatic carbocycles. The van der Waals surface area contributed by atoms with E-state index in [1.807, 2.05) is 6.92 Å². The van der Waals surface area contributed by atoms with Gasteiger partial charge in [0.05, 0.1) is 6.10 Å². The van der Waals surface area contributed by atoms with Crippen molar-refractivity contribution in [3.05, 3.63) is 0 Å². The summed E-state index contributed by atoms with van der Waals surface area (Å²) in [6, 6.07) is 0. The molecule has 0 radical (unpaired) electrons. The maximum atomic E-state index is 11.0. The number of hydrogen-bond acceptors (Lipinski definition) is 3. The lowest BCUT2D eigenvalue weighted by molar-refractivity contribution is -0.137. The zero-order valence-corrected chi connectivity index (χ0v) is 18.8. The summed E-state index contributed by atoms with van der Waals surface area (Å²) in [6.07, 6.45) is 8.42. The highest BCUT2D eigenvalue weighted by Gasteiger charge is 2.55. The molecule has 2 aliphatic rings. The minimum Gasteiger partial charge on any atom is -0.481 e. The molecule has 0 aromatic heterocycles. The van der Waals surface area contributed by atoms with E-state index in [2.05, 4.69) is 27.7 Å². The smallest absolute Gasteiger partial charge is 0.303 e. The Morgan fingerprint density at radius 1 is 1.14 bits per heavy atom. The molecular weight excluding hydrogens is 352 g/mol. The number of aliphatic hydroxyl groups excluding tert-OH is 2. The molecule has 2 fully saturated rings. The molecule has 164 valence electrons. The number of carboxylic acids is 1. The van der Waals surface area contributed by atoms with Crippen LogP contribution in [0.1, 0.15) is 92.4 Å². The average molecular weight is 397 g/mol. The van der Waals surface area contributed by atoms with Crippen molar-refractivity contribution < 1.29 is 20.1 Å². The Morgan fingerprint density at radius 2 is 1.82 bits per heavy atom. The second-order valence-corrected chi connectivity index (χ2v) is 10.5. The fourth-order valence-electron chi connectivity index (χ4n) is 7.13. The van der Waals surface area contributed by atoms with Crippen LogP contribution in [-0.4, -0.2) is 34.0 Å². The molecule has 2 saturated carbocycles. The van der Waals surface area contributed by atoms with Crippen molar-refractivity contribution in [3.63, 3.8) is 0 Å². The van der Waals surface area contributed by atoms with Crippen molar-refractivity contribution in [2.45, 2.75) is 98.5 Å². The highest BCUT2D eigenvalue weighted by Crippen LogP contribution is 2.60. The van der Waals surface area contributed by atoms with Crippen LogP contribution in [0.4, 0.5) is 0 Å². The average Bonchev–Trinajstić information content (AvgIpc) is 3.00. The third-order valence-corrected chi connectivity index (χ3v) is 9.24. The summed E-state index contributed by atoms with van der Waals surface area (Å²) in [5.41, 5.74) is 0.138. The molecule has 3 N–H and O–H groups in total. The fraction of sp³-hybridized carbons (Fsp3) is 0.958. The van der Waals surface area contributed by atoms with Crippen LogP contribution in [0, 0.1) is 40.4 Å². The van der Waals surface area contributed by atoms with Crippen LogP contribution in [0.2, 0.25) is 0 Å². The highest BCUT2D eigenvalue weighted by molar-refractivity contribution is 5.66. The molecule has 2 unspecified atom stereocenters. The van der Waals surface area contributed by atoms with Crippen molar-refractivity contribution in [2.24, 2.45) is 40.4 Å². The molecule has 28 heavy (non-hydrogen) atoms. The van der Waals surface area contributed by atoms with Gasteiger partial charge in [-0.25, -0.2) is 0 Å². The maximum Gasteiger partial charge on any atom is 0.303 e. The van der Waals surface area contributed by atoms with E-state index >= 15 is 0 Å². The molecule has 0 aromatic carbocycles. The number of aliphatic carboxylic acids is 1. The van der Waals surface area contributed by atoms with Gasteiger partial charge in [-0.15, -0.1) is 0 Å². The van der Waals surface area contributed by atoms with Gasteiger partial charge in [-0.2, -0.15) is 0 Å². The van der Waals surface area contributed by atoms with Gasteiger partial charge >= 0.3 is 5.97 Å². The largest absolute Gasteiger partial charge is 0.481 e. The first kappa shape index (κ1) is 23.7. The van der Waals surface area contributed by atoms with Gasteiger partial charge in [0.15, 0.2) is 0 Å². The molecule has 0 bridgehead atoms. The number of hydrogen-bond donors (Lipinski definition) is 3. The lowest BCUT2D eigenvalue weighted by Crippen LogP contribution is -2.46. The summed E-state index contributed by atoms with van der Waals surface area (Å²) >= 11 is 0. The second kappa shape index (κ2) is 9.47. The normalized spacial score (nSPS) is 41.0. The predicted octanol–water partition coefficient (Wildman–Crippen LogP) is 5.12. The minimum absolute atomic E-state index is 0.138. The Labute approximate surface area is 172 Å². The molecule has 0 amide bonds. The van der Waals surface area contributed by atoms with E-state index in [1.165, 1.54) is 19.3 Å². The zero-order valence-electron chi connectivity index (χ0n) is 18.8. The van der Waals surface area contributed by atoms with Gasteiger partial charge in [0, 0.05) is 13.0 Å². The number of carboxylic acid groups (broad SMARTS) is 1. The number of carbonyl (C=O) groups is 1. The molecule has 0 saturated heterocycles. The SMILES string of the molecule is CC[C@]1(C)CC(C2CC[C@H]([C@H](C)CCC(=O)O)[C@@]2(C)[C@H](C)O)CC[C@@H]1CCO. The molecular formula is C24H44O4. The van der Waals surface area contributed by atoms with Crippen LogP contribution in [0.25, 0.3) is 0 Å². The second-order valence-electron chi connectivity index (χ2n) is 10.5. The number of rotatable bonds is 9. The zero-order chi connectivity index (χ0) is 21.1. The first-order valence-corrected chi connectivity index (χ1v) is 11.6. The van der Waals surface area contributed by atoms with E-state index in [0.717, 1.165) is 25.7 Å². The van der Waals surface area contributed by atoms with Gasteiger partial charge in [-0.1, -0.05) is 34.1 Å². The first-order chi connectivity index (χ1) is 13.1. The molecule has 0 spiro atoms. The van der Waals surface area contributed by atoms with Crippen LogP contribution in [0.3, 0.4) is 0 Å². The Kier molecular flexibility index (Phi) is 8.00. The van der Waals surface area contributed by atoms with Crippen molar-refractivity contribution >= 4 is 5.97 Å². The molecule has 0 aliphatic heterocycles. The van der Waals surface area contributed by atoms with E-state index in [1.54, 1.807) is 0 Å². The third-order valence-electron chi connectivity index (χ3n) is 9.24. The van der Waals surface area contributed by atoms with E-state index in [4.69, 9.17) is 5.11 Å². The van der Waals surface area contributed by atoms with Crippen LogP contribution in [0.5, 0.6) is 0 Å². The predicted molar refractivity (Wildman–Crippen MR) is 113 cm³/mol. The van der Waals surface area contributed by atoms with Crippen molar-refractivity contribution in [1.82, 2.24) is 0 Å². The minimum atomic E-state index is -0.721. The van der Waals surface area contributed by atoms with Gasteiger partial charge in [-0.05, 0) is 92.3 Å². The Morgan fingerprint density at radius 3 is 2.36 bits per heavy atom. The maximum absolute atomic E-state index is 11.0. The first-order valence-electron chi connectivity index (χ1n) is 11.6. The molecule has 2 rings (SSSR count). The summed E-state index contributed by atoms with van der Waals surface area (Å²) in [5, 5.41) is 29.5. The summed E-state index contributed by atoms with van der Waals surface area (Å²) < 4.78 is 0. The number of aliphatic hydroxyl groups is 2. The Balaban J connectivity index is 2.19. The standard InChI is InChI=1S/C24H44O4/c1-6-23(4)15-18(8-9-19(23)13-14-25)21-11-10-20(24(21,5)17(3)26)16(2)7-12-22(27)28/h16-21,25-26H,6-15H2,1-5H3,(H,27,28)/t16-,17+,18?,19-,20-,21?,23-,24-/m1/s1. The summed E-state index contributed by atoms with van der Waals surface area (Å²) in [5.74, 6) is 1.72. The monoisotopic (exact) mass is 396 g/mol. The lowest BCUT2D eigenvalue weighted by Gasteiger charge is -2.51. The summed E-state index contributed by atoms with van der Waals surface area (Å²) in [4.78, 5) is 11.0. The van der Waals surface area contributed by atoms with Gasteiger partial charge in [0.25, 0.3) is 0 Å². The Bertz CT molecular complexity index is 519. The van der Waals surface area contributed by atoms with Crippen molar-refractivity contribution in [3.8, 4) is 0 Å². The van der Waals surface area contributed by atoms with Gasteiger partial charge in [0.2, 0.25) is 0 Å². The molecule has 8 atom stereocenters. The van der Waals surface area contributed by atoms with Crippen LogP contribution < -0.4 is 0 Å². The van der Waals surface area contributed by atoms with Crippen molar-refractivity contribution in [1.29, 1.82) is 0 Å². The molecule has 0 heterocycles. The van der Waals surface area contributed by atoms with E-state index in [-0.39, 0.29) is 30.0 Å². The molecule has 0 aromatic rings. The van der Waals surface area contributed by atoms with Crippen LogP contribution in [-0.2, 0) is 4.79 Å². The summed E-state index contributed by atoms with van der Waals surface area (Å²) in [6.45, 7) is 11.4. The van der Waals surface area contributed by atoms with Crippen LogP contribution in [0.15, 0.2) is 0 Å². The summed E-state index contributed by atoms with van der Waals surface area (Å²) in [7, 11) is 0. The lowest BCUT2D eigenvalue weighted by atomic mass is 9.55. The topological polar surface area (TPSA) is 77.8 Å². The van der Waals surface area contributed by atoms with Gasteiger partial charge in [-0.3, -0.25) is 4.79 Å². The van der Waals surface area contributed by atoms with Crippen molar-refractivity contribution in [2.75, 3.05) is 6.61 Å². The Hall–Kier alpha value is -0.610. The van der Waals surface area contributed by atoms with Gasteiger partial charge < -0.3 is 15.3 Å². The van der Waals surface area contributed by atoms with E-state index in [9.17, 15) is 15.0 Å². The quantitative estimate of drug-likeness (QED) is 0.506. The van der Waals surface area contributed by atoms with Crippen LogP contribution >= 0.6 is 0 Å². The van der Waals surface area contributed by atoms with E-state index < -0.39 is 5.97 Å². The highest BCUT2D eigenvalue weighted by atomic mass is 16.4. The molecule has 4 nitrogen and oxygen atoms in total. The van der Waals surface area contributed by atoms with Gasteiger partial charge in [0.1, 0.15) is 0 Å². The third kappa shape index (κ3) is 4.59. The fourth-order valence-corrected chi connectivity index (χ4v) is 7.13. The van der Waals surface area contributed by atoms with E-state index in [0.29, 0.717) is 36.0 Å². The molecule has 4 heteroatoms.